The van der Waals surface area contributed by atoms with Crippen molar-refractivity contribution in [2.75, 3.05) is 6.26 Å². The quantitative estimate of drug-likeness (QED) is 0.693. The molecule has 0 fully saturated rings. The maximum absolute atomic E-state index is 12.0. The van der Waals surface area contributed by atoms with Gasteiger partial charge < -0.3 is 4.74 Å². The number of hydrogen-bond donors (Lipinski definition) is 0. The van der Waals surface area contributed by atoms with Gasteiger partial charge in [-0.05, 0) is 43.0 Å². The van der Waals surface area contributed by atoms with Gasteiger partial charge in [0.2, 0.25) is 0 Å². The highest BCUT2D eigenvalue weighted by Gasteiger charge is 2.06. The fourth-order valence-electron chi connectivity index (χ4n) is 2.21. The van der Waals surface area contributed by atoms with Gasteiger partial charge in [0.25, 0.3) is 5.56 Å². The van der Waals surface area contributed by atoms with E-state index in [1.165, 1.54) is 15.4 Å². The molecule has 1 aromatic carbocycles. The predicted octanol–water partition coefficient (Wildman–Crippen LogP) is 3.30. The second-order valence-electron chi connectivity index (χ2n) is 4.94. The van der Waals surface area contributed by atoms with Crippen molar-refractivity contribution >= 4 is 17.4 Å². The summed E-state index contributed by atoms with van der Waals surface area (Å²) in [6, 6.07) is 13.4. The number of rotatable bonds is 4. The van der Waals surface area contributed by atoms with E-state index in [2.05, 4.69) is 17.1 Å². The number of fused-ring (bicyclic) bond motifs is 1. The SMILES string of the molecule is CSc1ccc(COc2cccn3c(=O)cc(C)nc23)cc1. The molecule has 0 unspecified atom stereocenters. The van der Waals surface area contributed by atoms with E-state index in [0.29, 0.717) is 23.7 Å². The van der Waals surface area contributed by atoms with Crippen LogP contribution in [0.15, 0.2) is 58.4 Å². The van der Waals surface area contributed by atoms with Gasteiger partial charge in [0.1, 0.15) is 6.61 Å². The largest absolute Gasteiger partial charge is 0.485 e. The molecule has 0 spiro atoms. The number of thioether (sulfide) groups is 1. The van der Waals surface area contributed by atoms with Gasteiger partial charge in [-0.25, -0.2) is 4.98 Å². The summed E-state index contributed by atoms with van der Waals surface area (Å²) < 4.78 is 7.36. The number of nitrogens with zero attached hydrogens (tertiary/aromatic N) is 2. The van der Waals surface area contributed by atoms with Crippen molar-refractivity contribution < 1.29 is 4.74 Å². The summed E-state index contributed by atoms with van der Waals surface area (Å²) in [7, 11) is 0. The molecule has 0 aliphatic rings. The van der Waals surface area contributed by atoms with Crippen LogP contribution in [0.2, 0.25) is 0 Å². The maximum atomic E-state index is 12.0. The summed E-state index contributed by atoms with van der Waals surface area (Å²) in [5, 5.41) is 0. The highest BCUT2D eigenvalue weighted by Crippen LogP contribution is 2.19. The van der Waals surface area contributed by atoms with Gasteiger partial charge >= 0.3 is 0 Å². The van der Waals surface area contributed by atoms with E-state index >= 15 is 0 Å². The predicted molar refractivity (Wildman–Crippen MR) is 88.8 cm³/mol. The Morgan fingerprint density at radius 1 is 1.23 bits per heavy atom. The van der Waals surface area contributed by atoms with Crippen molar-refractivity contribution in [3.8, 4) is 5.75 Å². The minimum atomic E-state index is -0.0997. The van der Waals surface area contributed by atoms with Gasteiger partial charge in [-0.1, -0.05) is 12.1 Å². The van der Waals surface area contributed by atoms with Crippen LogP contribution in [0.5, 0.6) is 5.75 Å². The summed E-state index contributed by atoms with van der Waals surface area (Å²) in [6.45, 7) is 2.25. The van der Waals surface area contributed by atoms with Gasteiger partial charge in [0.15, 0.2) is 11.4 Å². The Labute approximate surface area is 132 Å². The Hall–Kier alpha value is -2.27. The summed E-state index contributed by atoms with van der Waals surface area (Å²) in [4.78, 5) is 17.6. The van der Waals surface area contributed by atoms with E-state index < -0.39 is 0 Å². The van der Waals surface area contributed by atoms with Crippen molar-refractivity contribution in [2.45, 2.75) is 18.4 Å². The standard InChI is InChI=1S/C17H16N2O2S/c1-12-10-16(20)19-9-3-4-15(17(19)18-12)21-11-13-5-7-14(22-2)8-6-13/h3-10H,11H2,1-2H3. The maximum Gasteiger partial charge on any atom is 0.258 e. The Balaban J connectivity index is 1.88. The molecular formula is C17H16N2O2S. The molecule has 5 heteroatoms. The monoisotopic (exact) mass is 312 g/mol. The van der Waals surface area contributed by atoms with E-state index in [4.69, 9.17) is 4.74 Å². The normalized spacial score (nSPS) is 10.8. The lowest BCUT2D eigenvalue weighted by atomic mass is 10.2. The summed E-state index contributed by atoms with van der Waals surface area (Å²) in [5.74, 6) is 0.609. The van der Waals surface area contributed by atoms with Crippen LogP contribution in [0, 0.1) is 6.92 Å². The summed E-state index contributed by atoms with van der Waals surface area (Å²) >= 11 is 1.71. The molecule has 3 aromatic rings. The van der Waals surface area contributed by atoms with Gasteiger partial charge in [-0.15, -0.1) is 11.8 Å². The van der Waals surface area contributed by atoms with Crippen molar-refractivity contribution in [1.82, 2.24) is 9.38 Å². The fourth-order valence-corrected chi connectivity index (χ4v) is 2.62. The van der Waals surface area contributed by atoms with Crippen LogP contribution in [-0.2, 0) is 6.61 Å². The smallest absolute Gasteiger partial charge is 0.258 e. The Morgan fingerprint density at radius 2 is 2.00 bits per heavy atom. The number of aryl methyl sites for hydroxylation is 1. The van der Waals surface area contributed by atoms with Crippen LogP contribution in [0.4, 0.5) is 0 Å². The Kier molecular flexibility index (Phi) is 4.15. The minimum Gasteiger partial charge on any atom is -0.485 e. The molecule has 2 aromatic heterocycles. The molecule has 0 N–H and O–H groups in total. The first-order valence-corrected chi connectivity index (χ1v) is 8.14. The average molecular weight is 312 g/mol. The lowest BCUT2D eigenvalue weighted by Crippen LogP contribution is -2.15. The molecule has 3 rings (SSSR count). The summed E-state index contributed by atoms with van der Waals surface area (Å²) in [5.41, 5.74) is 2.21. The van der Waals surface area contributed by atoms with Gasteiger partial charge in [-0.2, -0.15) is 0 Å². The molecule has 4 nitrogen and oxygen atoms in total. The van der Waals surface area contributed by atoms with E-state index in [0.717, 1.165) is 5.56 Å². The van der Waals surface area contributed by atoms with Crippen LogP contribution in [-0.4, -0.2) is 15.6 Å². The van der Waals surface area contributed by atoms with Crippen LogP contribution < -0.4 is 10.3 Å². The van der Waals surface area contributed by atoms with E-state index in [1.54, 1.807) is 30.9 Å². The van der Waals surface area contributed by atoms with Crippen LogP contribution in [0.25, 0.3) is 5.65 Å². The lowest BCUT2D eigenvalue weighted by molar-refractivity contribution is 0.307. The highest BCUT2D eigenvalue weighted by atomic mass is 32.2. The molecule has 0 amide bonds. The van der Waals surface area contributed by atoms with Gasteiger partial charge in [-0.3, -0.25) is 9.20 Å². The van der Waals surface area contributed by atoms with E-state index in [-0.39, 0.29) is 5.56 Å². The van der Waals surface area contributed by atoms with E-state index in [9.17, 15) is 4.79 Å². The number of benzene rings is 1. The number of ether oxygens (including phenoxy) is 1. The molecule has 0 aliphatic heterocycles. The molecular weight excluding hydrogens is 296 g/mol. The molecule has 0 bridgehead atoms. The minimum absolute atomic E-state index is 0.0997. The number of aromatic nitrogens is 2. The number of hydrogen-bond acceptors (Lipinski definition) is 4. The first-order valence-electron chi connectivity index (χ1n) is 6.92. The van der Waals surface area contributed by atoms with Crippen molar-refractivity contribution in [3.63, 3.8) is 0 Å². The molecule has 0 atom stereocenters. The van der Waals surface area contributed by atoms with Crippen molar-refractivity contribution in [3.05, 3.63) is 70.3 Å². The zero-order valence-corrected chi connectivity index (χ0v) is 13.3. The van der Waals surface area contributed by atoms with Gasteiger partial charge in [0, 0.05) is 22.9 Å². The second-order valence-corrected chi connectivity index (χ2v) is 5.82. The summed E-state index contributed by atoms with van der Waals surface area (Å²) in [6.07, 6.45) is 3.75. The lowest BCUT2D eigenvalue weighted by Gasteiger charge is -2.10. The Bertz CT molecular complexity index is 857. The van der Waals surface area contributed by atoms with E-state index in [1.807, 2.05) is 24.5 Å². The molecule has 0 aliphatic carbocycles. The molecule has 22 heavy (non-hydrogen) atoms. The van der Waals surface area contributed by atoms with Gasteiger partial charge in [0.05, 0.1) is 0 Å². The fraction of sp³-hybridized carbons (Fsp3) is 0.176. The van der Waals surface area contributed by atoms with Crippen LogP contribution in [0.1, 0.15) is 11.3 Å². The highest BCUT2D eigenvalue weighted by molar-refractivity contribution is 7.98. The third-order valence-electron chi connectivity index (χ3n) is 3.34. The molecule has 2 heterocycles. The zero-order chi connectivity index (χ0) is 15.5. The topological polar surface area (TPSA) is 43.6 Å². The van der Waals surface area contributed by atoms with Crippen molar-refractivity contribution in [1.29, 1.82) is 0 Å². The third kappa shape index (κ3) is 2.99. The second kappa shape index (κ2) is 6.23. The first-order chi connectivity index (χ1) is 10.7. The van der Waals surface area contributed by atoms with Crippen molar-refractivity contribution in [2.24, 2.45) is 0 Å². The first kappa shape index (κ1) is 14.7. The third-order valence-corrected chi connectivity index (χ3v) is 4.08. The molecule has 0 saturated carbocycles. The molecule has 0 radical (unpaired) electrons. The zero-order valence-electron chi connectivity index (χ0n) is 12.4. The van der Waals surface area contributed by atoms with Crippen LogP contribution in [0.3, 0.4) is 0 Å². The average Bonchev–Trinajstić information content (AvgIpc) is 2.53. The molecule has 0 saturated heterocycles. The van der Waals surface area contributed by atoms with Crippen LogP contribution >= 0.6 is 11.8 Å². The Morgan fingerprint density at radius 3 is 2.73 bits per heavy atom. The number of pyridine rings is 1. The molecule has 112 valence electrons.